The standard InChI is InChI=1S/C16H27N3O/c1-13(10-16-12-20-9-8-17-16)18-15-6-4-14(5-7-15)11-19(2)3/h4-7,13,16-18H,8-12H2,1-3H3. The predicted octanol–water partition coefficient (Wildman–Crippen LogP) is 1.93. The molecule has 2 atom stereocenters. The van der Waals surface area contributed by atoms with Gasteiger partial charge in [0.1, 0.15) is 0 Å². The van der Waals surface area contributed by atoms with E-state index in [9.17, 15) is 0 Å². The number of morpholine rings is 1. The Kier molecular flexibility index (Phi) is 5.83. The smallest absolute Gasteiger partial charge is 0.0621 e. The molecule has 0 aliphatic carbocycles. The van der Waals surface area contributed by atoms with Crippen molar-refractivity contribution in [1.29, 1.82) is 0 Å². The molecule has 112 valence electrons. The van der Waals surface area contributed by atoms with Gasteiger partial charge >= 0.3 is 0 Å². The van der Waals surface area contributed by atoms with E-state index >= 15 is 0 Å². The van der Waals surface area contributed by atoms with E-state index < -0.39 is 0 Å². The third-order valence-electron chi connectivity index (χ3n) is 3.50. The van der Waals surface area contributed by atoms with Crippen molar-refractivity contribution in [3.63, 3.8) is 0 Å². The summed E-state index contributed by atoms with van der Waals surface area (Å²) >= 11 is 0. The lowest BCUT2D eigenvalue weighted by molar-refractivity contribution is 0.0731. The molecule has 1 aromatic carbocycles. The second-order valence-electron chi connectivity index (χ2n) is 5.94. The van der Waals surface area contributed by atoms with Crippen LogP contribution in [-0.4, -0.2) is 50.8 Å². The molecule has 20 heavy (non-hydrogen) atoms. The Morgan fingerprint density at radius 1 is 1.35 bits per heavy atom. The average molecular weight is 277 g/mol. The highest BCUT2D eigenvalue weighted by atomic mass is 16.5. The van der Waals surface area contributed by atoms with Gasteiger partial charge in [-0.25, -0.2) is 0 Å². The van der Waals surface area contributed by atoms with Crippen molar-refractivity contribution in [3.8, 4) is 0 Å². The summed E-state index contributed by atoms with van der Waals surface area (Å²) in [4.78, 5) is 2.18. The summed E-state index contributed by atoms with van der Waals surface area (Å²) in [5, 5.41) is 7.06. The average Bonchev–Trinajstić information content (AvgIpc) is 2.41. The first-order valence-corrected chi connectivity index (χ1v) is 7.45. The number of nitrogens with one attached hydrogen (secondary N) is 2. The fourth-order valence-electron chi connectivity index (χ4n) is 2.61. The van der Waals surface area contributed by atoms with Crippen molar-refractivity contribution in [1.82, 2.24) is 10.2 Å². The summed E-state index contributed by atoms with van der Waals surface area (Å²) < 4.78 is 5.49. The van der Waals surface area contributed by atoms with Gasteiger partial charge in [-0.3, -0.25) is 0 Å². The van der Waals surface area contributed by atoms with Crippen molar-refractivity contribution in [2.45, 2.75) is 32.0 Å². The van der Waals surface area contributed by atoms with E-state index in [2.05, 4.69) is 60.8 Å². The predicted molar refractivity (Wildman–Crippen MR) is 84.1 cm³/mol. The van der Waals surface area contributed by atoms with E-state index in [-0.39, 0.29) is 0 Å². The molecule has 1 aliphatic rings. The molecule has 2 rings (SSSR count). The molecule has 4 nitrogen and oxygen atoms in total. The second kappa shape index (κ2) is 7.62. The number of nitrogens with zero attached hydrogens (tertiary/aromatic N) is 1. The molecule has 4 heteroatoms. The monoisotopic (exact) mass is 277 g/mol. The molecule has 2 N–H and O–H groups in total. The van der Waals surface area contributed by atoms with Crippen molar-refractivity contribution in [3.05, 3.63) is 29.8 Å². The van der Waals surface area contributed by atoms with E-state index in [0.717, 1.165) is 32.7 Å². The maximum Gasteiger partial charge on any atom is 0.0621 e. The summed E-state index contributed by atoms with van der Waals surface area (Å²) in [6.45, 7) is 5.85. The molecule has 1 saturated heterocycles. The number of hydrogen-bond acceptors (Lipinski definition) is 4. The quantitative estimate of drug-likeness (QED) is 0.833. The molecule has 2 unspecified atom stereocenters. The summed E-state index contributed by atoms with van der Waals surface area (Å²) in [5.41, 5.74) is 2.53. The first-order valence-electron chi connectivity index (χ1n) is 7.45. The molecular formula is C16H27N3O. The molecule has 0 radical (unpaired) electrons. The van der Waals surface area contributed by atoms with Gasteiger partial charge in [0.2, 0.25) is 0 Å². The zero-order valence-corrected chi connectivity index (χ0v) is 12.9. The molecule has 1 heterocycles. The Labute approximate surface area is 122 Å². The number of hydrogen-bond donors (Lipinski definition) is 2. The van der Waals surface area contributed by atoms with Gasteiger partial charge in [0, 0.05) is 30.9 Å². The van der Waals surface area contributed by atoms with Crippen LogP contribution in [0.5, 0.6) is 0 Å². The molecule has 0 saturated carbocycles. The lowest BCUT2D eigenvalue weighted by Gasteiger charge is -2.27. The van der Waals surface area contributed by atoms with Crippen molar-refractivity contribution in [2.24, 2.45) is 0 Å². The minimum Gasteiger partial charge on any atom is -0.383 e. The minimum absolute atomic E-state index is 0.439. The third-order valence-corrected chi connectivity index (χ3v) is 3.50. The Bertz CT molecular complexity index is 385. The molecule has 0 amide bonds. The first-order chi connectivity index (χ1) is 9.63. The van der Waals surface area contributed by atoms with Crippen LogP contribution in [0.25, 0.3) is 0 Å². The molecule has 0 bridgehead atoms. The van der Waals surface area contributed by atoms with Gasteiger partial charge in [0.15, 0.2) is 0 Å². The number of anilines is 1. The van der Waals surface area contributed by atoms with Gasteiger partial charge in [0.25, 0.3) is 0 Å². The topological polar surface area (TPSA) is 36.5 Å². The SMILES string of the molecule is CC(CC1COCCN1)Nc1ccc(CN(C)C)cc1. The van der Waals surface area contributed by atoms with Crippen LogP contribution in [0, 0.1) is 0 Å². The van der Waals surface area contributed by atoms with E-state index in [1.54, 1.807) is 0 Å². The fourth-order valence-corrected chi connectivity index (χ4v) is 2.61. The largest absolute Gasteiger partial charge is 0.383 e. The highest BCUT2D eigenvalue weighted by Gasteiger charge is 2.16. The van der Waals surface area contributed by atoms with Gasteiger partial charge in [0.05, 0.1) is 13.2 Å². The van der Waals surface area contributed by atoms with Gasteiger partial charge in [-0.2, -0.15) is 0 Å². The van der Waals surface area contributed by atoms with E-state index in [1.165, 1.54) is 11.3 Å². The first kappa shape index (κ1) is 15.3. The molecule has 1 aliphatic heterocycles. The zero-order chi connectivity index (χ0) is 14.4. The summed E-state index contributed by atoms with van der Waals surface area (Å²) in [7, 11) is 4.18. The Balaban J connectivity index is 1.79. The lowest BCUT2D eigenvalue weighted by atomic mass is 10.1. The van der Waals surface area contributed by atoms with Crippen molar-refractivity contribution >= 4 is 5.69 Å². The molecular weight excluding hydrogens is 250 g/mol. The Hall–Kier alpha value is -1.10. The van der Waals surface area contributed by atoms with Crippen molar-refractivity contribution < 1.29 is 4.74 Å². The summed E-state index contributed by atoms with van der Waals surface area (Å²) in [6.07, 6.45) is 1.08. The zero-order valence-electron chi connectivity index (χ0n) is 12.9. The van der Waals surface area contributed by atoms with Crippen LogP contribution in [0.3, 0.4) is 0 Å². The minimum atomic E-state index is 0.439. The fraction of sp³-hybridized carbons (Fsp3) is 0.625. The number of benzene rings is 1. The highest BCUT2D eigenvalue weighted by Crippen LogP contribution is 2.14. The van der Waals surface area contributed by atoms with Crippen molar-refractivity contribution in [2.75, 3.05) is 39.2 Å². The van der Waals surface area contributed by atoms with E-state index in [1.807, 2.05) is 0 Å². The van der Waals surface area contributed by atoms with Crippen LogP contribution in [0.15, 0.2) is 24.3 Å². The van der Waals surface area contributed by atoms with Crippen LogP contribution in [-0.2, 0) is 11.3 Å². The van der Waals surface area contributed by atoms with Gasteiger partial charge < -0.3 is 20.3 Å². The maximum atomic E-state index is 5.49. The van der Waals surface area contributed by atoms with Gasteiger partial charge in [-0.15, -0.1) is 0 Å². The van der Waals surface area contributed by atoms with E-state index in [4.69, 9.17) is 4.74 Å². The van der Waals surface area contributed by atoms with Crippen LogP contribution < -0.4 is 10.6 Å². The summed E-state index contributed by atoms with van der Waals surface area (Å²) in [6, 6.07) is 9.63. The maximum absolute atomic E-state index is 5.49. The lowest BCUT2D eigenvalue weighted by Crippen LogP contribution is -2.43. The van der Waals surface area contributed by atoms with Gasteiger partial charge in [-0.05, 0) is 45.1 Å². The number of rotatable bonds is 6. The Morgan fingerprint density at radius 3 is 2.70 bits per heavy atom. The Morgan fingerprint density at radius 2 is 2.10 bits per heavy atom. The normalized spacial score (nSPS) is 20.9. The van der Waals surface area contributed by atoms with Crippen LogP contribution in [0.4, 0.5) is 5.69 Å². The molecule has 0 aromatic heterocycles. The summed E-state index contributed by atoms with van der Waals surface area (Å²) in [5.74, 6) is 0. The molecule has 0 spiro atoms. The highest BCUT2D eigenvalue weighted by molar-refractivity contribution is 5.45. The van der Waals surface area contributed by atoms with Crippen LogP contribution in [0.2, 0.25) is 0 Å². The van der Waals surface area contributed by atoms with Crippen LogP contribution in [0.1, 0.15) is 18.9 Å². The molecule has 1 aromatic rings. The van der Waals surface area contributed by atoms with E-state index in [0.29, 0.717) is 12.1 Å². The third kappa shape index (κ3) is 5.12. The molecule has 1 fully saturated rings. The number of ether oxygens (including phenoxy) is 1. The van der Waals surface area contributed by atoms with Crippen LogP contribution >= 0.6 is 0 Å². The van der Waals surface area contributed by atoms with Gasteiger partial charge in [-0.1, -0.05) is 12.1 Å². The second-order valence-corrected chi connectivity index (χ2v) is 5.94.